The zero-order chi connectivity index (χ0) is 21.4. The molecule has 0 saturated carbocycles. The summed E-state index contributed by atoms with van der Waals surface area (Å²) in [5.41, 5.74) is 0.770. The molecule has 0 unspecified atom stereocenters. The quantitative estimate of drug-likeness (QED) is 0.511. The number of aliphatic hydroxyl groups is 1. The predicted molar refractivity (Wildman–Crippen MR) is 115 cm³/mol. The maximum absolute atomic E-state index is 14.3. The van der Waals surface area contributed by atoms with E-state index in [1.54, 1.807) is 20.8 Å². The third kappa shape index (κ3) is 8.39. The Hall–Kier alpha value is -2.16. The van der Waals surface area contributed by atoms with Gasteiger partial charge in [-0.25, -0.2) is 9.18 Å². The summed E-state index contributed by atoms with van der Waals surface area (Å²) in [6, 6.07) is 12.3. The lowest BCUT2D eigenvalue weighted by Gasteiger charge is -2.20. The minimum atomic E-state index is -0.770. The molecule has 0 bridgehead atoms. The van der Waals surface area contributed by atoms with Crippen LogP contribution in [-0.2, 0) is 16.1 Å². The van der Waals surface area contributed by atoms with Crippen molar-refractivity contribution in [3.8, 4) is 0 Å². The van der Waals surface area contributed by atoms with Gasteiger partial charge in [-0.05, 0) is 48.3 Å². The predicted octanol–water partition coefficient (Wildman–Crippen LogP) is 4.92. The number of hydrogen-bond donors (Lipinski definition) is 3. The first kappa shape index (κ1) is 23.1. The number of rotatable bonds is 8. The second-order valence-corrected chi connectivity index (χ2v) is 8.33. The average Bonchev–Trinajstić information content (AvgIpc) is 2.62. The van der Waals surface area contributed by atoms with E-state index in [2.05, 4.69) is 26.6 Å². The number of carbonyl (C=O) groups is 1. The Kier molecular flexibility index (Phi) is 8.43. The summed E-state index contributed by atoms with van der Waals surface area (Å²) in [5.74, 6) is -0.628. The van der Waals surface area contributed by atoms with Crippen LogP contribution in [0.1, 0.15) is 26.3 Å². The van der Waals surface area contributed by atoms with Gasteiger partial charge in [0.25, 0.3) is 0 Å². The number of anilines is 2. The molecule has 158 valence electrons. The van der Waals surface area contributed by atoms with Gasteiger partial charge in [-0.3, -0.25) is 5.32 Å². The molecule has 0 aliphatic heterocycles. The molecule has 1 amide bonds. The Morgan fingerprint density at radius 1 is 1.21 bits per heavy atom. The Balaban J connectivity index is 1.84. The third-order valence-corrected chi connectivity index (χ3v) is 4.30. The van der Waals surface area contributed by atoms with Crippen molar-refractivity contribution >= 4 is 33.4 Å². The second kappa shape index (κ2) is 10.6. The standard InChI is InChI=1S/C21H26BrFN2O4/c1-21(2,3)29-20(27)25-19-9-16(22)18(10-17(19)23)24-11-15(26)13-28-12-14-7-5-4-6-8-14/h4-10,15,24,26H,11-13H2,1-3H3,(H,25,27)/t15-/m1/s1. The molecule has 2 aromatic carbocycles. The van der Waals surface area contributed by atoms with E-state index in [9.17, 15) is 14.3 Å². The Morgan fingerprint density at radius 3 is 2.55 bits per heavy atom. The van der Waals surface area contributed by atoms with Crippen molar-refractivity contribution in [2.45, 2.75) is 39.1 Å². The van der Waals surface area contributed by atoms with Crippen molar-refractivity contribution in [3.05, 3.63) is 58.3 Å². The van der Waals surface area contributed by atoms with Crippen molar-refractivity contribution < 1.29 is 23.8 Å². The Morgan fingerprint density at radius 2 is 1.90 bits per heavy atom. The van der Waals surface area contributed by atoms with Crippen LogP contribution in [0.4, 0.5) is 20.6 Å². The highest BCUT2D eigenvalue weighted by Crippen LogP contribution is 2.29. The summed E-state index contributed by atoms with van der Waals surface area (Å²) < 4.78 is 25.5. The summed E-state index contributed by atoms with van der Waals surface area (Å²) in [5, 5.41) is 15.4. The fraction of sp³-hybridized carbons (Fsp3) is 0.381. The molecule has 6 nitrogen and oxygen atoms in total. The SMILES string of the molecule is CC(C)(C)OC(=O)Nc1cc(Br)c(NC[C@@H](O)COCc2ccccc2)cc1F. The van der Waals surface area contributed by atoms with Gasteiger partial charge in [0.2, 0.25) is 0 Å². The number of nitrogens with one attached hydrogen (secondary N) is 2. The van der Waals surface area contributed by atoms with Crippen molar-refractivity contribution in [2.75, 3.05) is 23.8 Å². The number of amides is 1. The van der Waals surface area contributed by atoms with Crippen LogP contribution < -0.4 is 10.6 Å². The first-order valence-corrected chi connectivity index (χ1v) is 9.96. The van der Waals surface area contributed by atoms with Gasteiger partial charge in [0, 0.05) is 17.1 Å². The van der Waals surface area contributed by atoms with E-state index in [0.29, 0.717) is 16.8 Å². The molecule has 8 heteroatoms. The highest BCUT2D eigenvalue weighted by atomic mass is 79.9. The fourth-order valence-electron chi connectivity index (χ4n) is 2.37. The van der Waals surface area contributed by atoms with Gasteiger partial charge < -0.3 is 19.9 Å². The molecule has 0 heterocycles. The molecular formula is C21H26BrFN2O4. The molecule has 3 N–H and O–H groups in total. The Labute approximate surface area is 178 Å². The second-order valence-electron chi connectivity index (χ2n) is 7.47. The van der Waals surface area contributed by atoms with Crippen molar-refractivity contribution in [1.29, 1.82) is 0 Å². The molecule has 2 rings (SSSR count). The molecule has 0 aromatic heterocycles. The van der Waals surface area contributed by atoms with Gasteiger partial charge in [0.1, 0.15) is 11.4 Å². The van der Waals surface area contributed by atoms with E-state index in [1.807, 2.05) is 30.3 Å². The molecular weight excluding hydrogens is 443 g/mol. The van der Waals surface area contributed by atoms with Crippen molar-refractivity contribution in [2.24, 2.45) is 0 Å². The molecule has 0 spiro atoms. The van der Waals surface area contributed by atoms with Crippen LogP contribution in [0.2, 0.25) is 0 Å². The van der Waals surface area contributed by atoms with E-state index in [-0.39, 0.29) is 18.8 Å². The van der Waals surface area contributed by atoms with Crippen LogP contribution in [-0.4, -0.2) is 36.1 Å². The number of benzene rings is 2. The highest BCUT2D eigenvalue weighted by Gasteiger charge is 2.18. The first-order chi connectivity index (χ1) is 13.6. The molecule has 29 heavy (non-hydrogen) atoms. The summed E-state index contributed by atoms with van der Waals surface area (Å²) in [6.07, 6.45) is -1.51. The van der Waals surface area contributed by atoms with Gasteiger partial charge in [-0.15, -0.1) is 0 Å². The minimum absolute atomic E-state index is 0.0107. The highest BCUT2D eigenvalue weighted by molar-refractivity contribution is 9.10. The topological polar surface area (TPSA) is 79.8 Å². The van der Waals surface area contributed by atoms with Crippen LogP contribution in [0.5, 0.6) is 0 Å². The van der Waals surface area contributed by atoms with E-state index >= 15 is 0 Å². The molecule has 2 aromatic rings. The van der Waals surface area contributed by atoms with Crippen LogP contribution in [0, 0.1) is 5.82 Å². The van der Waals surface area contributed by atoms with Crippen molar-refractivity contribution in [3.63, 3.8) is 0 Å². The van der Waals surface area contributed by atoms with E-state index in [0.717, 1.165) is 5.56 Å². The monoisotopic (exact) mass is 468 g/mol. The zero-order valence-electron chi connectivity index (χ0n) is 16.7. The number of hydrogen-bond acceptors (Lipinski definition) is 5. The Bertz CT molecular complexity index is 812. The first-order valence-electron chi connectivity index (χ1n) is 9.16. The number of aliphatic hydroxyl groups excluding tert-OH is 1. The molecule has 0 aliphatic carbocycles. The largest absolute Gasteiger partial charge is 0.444 e. The van der Waals surface area contributed by atoms with Gasteiger partial charge >= 0.3 is 6.09 Å². The fourth-order valence-corrected chi connectivity index (χ4v) is 2.85. The van der Waals surface area contributed by atoms with Gasteiger partial charge in [0.05, 0.1) is 30.7 Å². The van der Waals surface area contributed by atoms with Crippen molar-refractivity contribution in [1.82, 2.24) is 0 Å². The molecule has 0 saturated heterocycles. The van der Waals surface area contributed by atoms with Crippen LogP contribution in [0.15, 0.2) is 46.9 Å². The summed E-state index contributed by atoms with van der Waals surface area (Å²) in [4.78, 5) is 11.8. The normalized spacial score (nSPS) is 12.3. The molecule has 0 aliphatic rings. The average molecular weight is 469 g/mol. The number of halogens is 2. The van der Waals surface area contributed by atoms with E-state index in [4.69, 9.17) is 9.47 Å². The maximum atomic E-state index is 14.3. The van der Waals surface area contributed by atoms with Crippen LogP contribution >= 0.6 is 15.9 Å². The molecule has 1 atom stereocenters. The van der Waals surface area contributed by atoms with Gasteiger partial charge in [-0.2, -0.15) is 0 Å². The lowest BCUT2D eigenvalue weighted by Crippen LogP contribution is -2.27. The number of ether oxygens (including phenoxy) is 2. The van der Waals surface area contributed by atoms with Gasteiger partial charge in [-0.1, -0.05) is 30.3 Å². The summed E-state index contributed by atoms with van der Waals surface area (Å²) >= 11 is 3.33. The van der Waals surface area contributed by atoms with E-state index < -0.39 is 23.6 Å². The maximum Gasteiger partial charge on any atom is 0.412 e. The number of carbonyl (C=O) groups excluding carboxylic acids is 1. The summed E-state index contributed by atoms with van der Waals surface area (Å²) in [6.45, 7) is 5.88. The lowest BCUT2D eigenvalue weighted by atomic mass is 10.2. The van der Waals surface area contributed by atoms with Crippen LogP contribution in [0.25, 0.3) is 0 Å². The molecule has 0 fully saturated rings. The lowest BCUT2D eigenvalue weighted by molar-refractivity contribution is 0.0348. The summed E-state index contributed by atoms with van der Waals surface area (Å²) in [7, 11) is 0. The minimum Gasteiger partial charge on any atom is -0.444 e. The molecule has 0 radical (unpaired) electrons. The van der Waals surface area contributed by atoms with E-state index in [1.165, 1.54) is 12.1 Å². The smallest absolute Gasteiger partial charge is 0.412 e. The third-order valence-electron chi connectivity index (χ3n) is 3.64. The zero-order valence-corrected chi connectivity index (χ0v) is 18.3. The van der Waals surface area contributed by atoms with Crippen LogP contribution in [0.3, 0.4) is 0 Å². The van der Waals surface area contributed by atoms with Gasteiger partial charge in [0.15, 0.2) is 0 Å².